The molecule has 0 unspecified atom stereocenters. The van der Waals surface area contributed by atoms with Crippen LogP contribution in [0.4, 0.5) is 8.78 Å². The van der Waals surface area contributed by atoms with Gasteiger partial charge >= 0.3 is 0 Å². The maximum Gasteiger partial charge on any atom is 0.159 e. The number of rotatable bonds is 3. The van der Waals surface area contributed by atoms with E-state index in [-0.39, 0.29) is 12.4 Å². The van der Waals surface area contributed by atoms with E-state index in [9.17, 15) is 13.9 Å². The first kappa shape index (κ1) is 12.4. The van der Waals surface area contributed by atoms with Crippen molar-refractivity contribution in [1.29, 1.82) is 0 Å². The highest BCUT2D eigenvalue weighted by molar-refractivity contribution is 5.37. The van der Waals surface area contributed by atoms with Crippen LogP contribution in [0.25, 0.3) is 0 Å². The average Bonchev–Trinajstić information content (AvgIpc) is 2.29. The van der Waals surface area contributed by atoms with E-state index in [1.807, 2.05) is 6.92 Å². The fourth-order valence-electron chi connectivity index (χ4n) is 1.61. The molecule has 0 amide bonds. The molecular formula is C14H12F2O2. The van der Waals surface area contributed by atoms with Crippen LogP contribution in [0.15, 0.2) is 36.4 Å². The van der Waals surface area contributed by atoms with Gasteiger partial charge in [-0.2, -0.15) is 0 Å². The van der Waals surface area contributed by atoms with Gasteiger partial charge in [-0.1, -0.05) is 6.07 Å². The Morgan fingerprint density at radius 3 is 2.50 bits per heavy atom. The standard InChI is InChI=1S/C14H12F2O2/c1-9-4-11(17)7-12(5-9)18-8-10-2-3-13(15)14(16)6-10/h2-7,17H,8H2,1H3. The molecule has 0 heterocycles. The van der Waals surface area contributed by atoms with Gasteiger partial charge in [0.25, 0.3) is 0 Å². The highest BCUT2D eigenvalue weighted by atomic mass is 19.2. The maximum absolute atomic E-state index is 13.0. The molecule has 18 heavy (non-hydrogen) atoms. The molecule has 2 nitrogen and oxygen atoms in total. The molecular weight excluding hydrogens is 238 g/mol. The fraction of sp³-hybridized carbons (Fsp3) is 0.143. The second-order valence-electron chi connectivity index (χ2n) is 4.04. The van der Waals surface area contributed by atoms with E-state index < -0.39 is 11.6 Å². The predicted octanol–water partition coefficient (Wildman–Crippen LogP) is 3.56. The molecule has 0 saturated carbocycles. The first-order valence-electron chi connectivity index (χ1n) is 5.42. The SMILES string of the molecule is Cc1cc(O)cc(OCc2ccc(F)c(F)c2)c1. The van der Waals surface area contributed by atoms with Crippen LogP contribution in [0.1, 0.15) is 11.1 Å². The third-order valence-electron chi connectivity index (χ3n) is 2.43. The minimum atomic E-state index is -0.900. The highest BCUT2D eigenvalue weighted by Crippen LogP contribution is 2.22. The predicted molar refractivity (Wildman–Crippen MR) is 63.5 cm³/mol. The number of phenolic OH excluding ortho intramolecular Hbond substituents is 1. The molecule has 2 aromatic carbocycles. The Kier molecular flexibility index (Phi) is 3.46. The maximum atomic E-state index is 13.0. The minimum Gasteiger partial charge on any atom is -0.508 e. The van der Waals surface area contributed by atoms with Crippen molar-refractivity contribution in [2.24, 2.45) is 0 Å². The molecule has 0 radical (unpaired) electrons. The largest absolute Gasteiger partial charge is 0.508 e. The number of hydrogen-bond donors (Lipinski definition) is 1. The van der Waals surface area contributed by atoms with Crippen molar-refractivity contribution in [3.8, 4) is 11.5 Å². The molecule has 1 N–H and O–H groups in total. The lowest BCUT2D eigenvalue weighted by Gasteiger charge is -2.08. The molecule has 94 valence electrons. The minimum absolute atomic E-state index is 0.107. The lowest BCUT2D eigenvalue weighted by atomic mass is 10.2. The summed E-state index contributed by atoms with van der Waals surface area (Å²) in [6.07, 6.45) is 0. The zero-order valence-electron chi connectivity index (χ0n) is 9.78. The molecule has 2 aromatic rings. The Morgan fingerprint density at radius 1 is 1.06 bits per heavy atom. The summed E-state index contributed by atoms with van der Waals surface area (Å²) >= 11 is 0. The van der Waals surface area contributed by atoms with Crippen molar-refractivity contribution < 1.29 is 18.6 Å². The van der Waals surface area contributed by atoms with Gasteiger partial charge < -0.3 is 9.84 Å². The Labute approximate surface area is 103 Å². The molecule has 0 aliphatic heterocycles. The molecule has 4 heteroatoms. The second kappa shape index (κ2) is 5.04. The smallest absolute Gasteiger partial charge is 0.159 e. The number of benzene rings is 2. The quantitative estimate of drug-likeness (QED) is 0.902. The average molecular weight is 250 g/mol. The lowest BCUT2D eigenvalue weighted by molar-refractivity contribution is 0.303. The van der Waals surface area contributed by atoms with Gasteiger partial charge in [0.15, 0.2) is 11.6 Å². The summed E-state index contributed by atoms with van der Waals surface area (Å²) in [5.74, 6) is -1.19. The molecule has 0 saturated heterocycles. The summed E-state index contributed by atoms with van der Waals surface area (Å²) in [6, 6.07) is 8.41. The summed E-state index contributed by atoms with van der Waals surface area (Å²) in [5, 5.41) is 9.38. The van der Waals surface area contributed by atoms with Crippen molar-refractivity contribution >= 4 is 0 Å². The number of phenols is 1. The summed E-state index contributed by atoms with van der Waals surface area (Å²) in [6.45, 7) is 1.93. The summed E-state index contributed by atoms with van der Waals surface area (Å²) < 4.78 is 31.1. The zero-order valence-corrected chi connectivity index (χ0v) is 9.78. The molecule has 0 atom stereocenters. The van der Waals surface area contributed by atoms with E-state index in [1.54, 1.807) is 12.1 Å². The highest BCUT2D eigenvalue weighted by Gasteiger charge is 2.04. The third-order valence-corrected chi connectivity index (χ3v) is 2.43. The molecule has 0 aliphatic carbocycles. The van der Waals surface area contributed by atoms with Crippen LogP contribution in [0.3, 0.4) is 0 Å². The number of aromatic hydroxyl groups is 1. The van der Waals surface area contributed by atoms with Gasteiger partial charge in [0.05, 0.1) is 0 Å². The number of hydrogen-bond acceptors (Lipinski definition) is 2. The molecule has 2 rings (SSSR count). The van der Waals surface area contributed by atoms with Crippen molar-refractivity contribution in [1.82, 2.24) is 0 Å². The Morgan fingerprint density at radius 2 is 1.83 bits per heavy atom. The Hall–Kier alpha value is -2.10. The first-order valence-corrected chi connectivity index (χ1v) is 5.42. The van der Waals surface area contributed by atoms with Gasteiger partial charge in [-0.15, -0.1) is 0 Å². The van der Waals surface area contributed by atoms with Crippen molar-refractivity contribution in [2.45, 2.75) is 13.5 Å². The molecule has 0 aliphatic rings. The molecule has 0 bridgehead atoms. The molecule has 0 spiro atoms. The zero-order chi connectivity index (χ0) is 13.1. The van der Waals surface area contributed by atoms with Crippen LogP contribution < -0.4 is 4.74 Å². The van der Waals surface area contributed by atoms with Crippen LogP contribution in [0, 0.1) is 18.6 Å². The van der Waals surface area contributed by atoms with Gasteiger partial charge in [0, 0.05) is 6.07 Å². The van der Waals surface area contributed by atoms with E-state index in [0.29, 0.717) is 11.3 Å². The van der Waals surface area contributed by atoms with Crippen LogP contribution >= 0.6 is 0 Å². The Balaban J connectivity index is 2.08. The summed E-state index contributed by atoms with van der Waals surface area (Å²) in [7, 11) is 0. The van der Waals surface area contributed by atoms with Crippen LogP contribution in [0.5, 0.6) is 11.5 Å². The van der Waals surface area contributed by atoms with Gasteiger partial charge in [-0.25, -0.2) is 8.78 Å². The Bertz CT molecular complexity index is 547. The fourth-order valence-corrected chi connectivity index (χ4v) is 1.61. The van der Waals surface area contributed by atoms with Gasteiger partial charge in [-0.3, -0.25) is 0 Å². The van der Waals surface area contributed by atoms with E-state index in [0.717, 1.165) is 17.7 Å². The first-order chi connectivity index (χ1) is 8.54. The molecule has 0 aromatic heterocycles. The summed E-state index contributed by atoms with van der Waals surface area (Å²) in [5.41, 5.74) is 1.38. The normalized spacial score (nSPS) is 10.4. The third kappa shape index (κ3) is 2.97. The van der Waals surface area contributed by atoms with Crippen molar-refractivity contribution in [3.63, 3.8) is 0 Å². The van der Waals surface area contributed by atoms with Crippen LogP contribution in [-0.2, 0) is 6.61 Å². The number of aryl methyl sites for hydroxylation is 1. The second-order valence-corrected chi connectivity index (χ2v) is 4.04. The molecule has 0 fully saturated rings. The topological polar surface area (TPSA) is 29.5 Å². The van der Waals surface area contributed by atoms with Gasteiger partial charge in [0.2, 0.25) is 0 Å². The summed E-state index contributed by atoms with van der Waals surface area (Å²) in [4.78, 5) is 0. The van der Waals surface area contributed by atoms with E-state index in [2.05, 4.69) is 0 Å². The monoisotopic (exact) mass is 250 g/mol. The van der Waals surface area contributed by atoms with Crippen molar-refractivity contribution in [3.05, 3.63) is 59.2 Å². The van der Waals surface area contributed by atoms with Crippen LogP contribution in [0.2, 0.25) is 0 Å². The van der Waals surface area contributed by atoms with Gasteiger partial charge in [-0.05, 0) is 42.3 Å². The van der Waals surface area contributed by atoms with E-state index >= 15 is 0 Å². The van der Waals surface area contributed by atoms with Gasteiger partial charge in [0.1, 0.15) is 18.1 Å². The number of ether oxygens (including phenoxy) is 1. The van der Waals surface area contributed by atoms with Crippen LogP contribution in [-0.4, -0.2) is 5.11 Å². The number of halogens is 2. The lowest BCUT2D eigenvalue weighted by Crippen LogP contribution is -1.97. The van der Waals surface area contributed by atoms with E-state index in [4.69, 9.17) is 4.74 Å². The van der Waals surface area contributed by atoms with E-state index in [1.165, 1.54) is 12.1 Å². The van der Waals surface area contributed by atoms with Crippen molar-refractivity contribution in [2.75, 3.05) is 0 Å².